The highest BCUT2D eigenvalue weighted by atomic mass is 35.5. The van der Waals surface area contributed by atoms with E-state index in [9.17, 15) is 4.79 Å². The summed E-state index contributed by atoms with van der Waals surface area (Å²) in [6.45, 7) is 6.41. The Balaban J connectivity index is 1.50. The first-order valence-corrected chi connectivity index (χ1v) is 16.8. The van der Waals surface area contributed by atoms with Gasteiger partial charge in [-0.15, -0.1) is 0 Å². The van der Waals surface area contributed by atoms with Crippen LogP contribution in [0.5, 0.6) is 0 Å². The van der Waals surface area contributed by atoms with E-state index in [0.717, 1.165) is 34.7 Å². The normalized spacial score (nSPS) is 21.3. The van der Waals surface area contributed by atoms with Crippen LogP contribution in [0.25, 0.3) is 0 Å². The smallest absolute Gasteiger partial charge is 0.251 e. The lowest BCUT2D eigenvalue weighted by atomic mass is 9.59. The number of nitrogens with one attached hydrogen (secondary N) is 3. The standard InChI is InChI=1S/C36H50ClN5O/c1-26-20-28(12-13-33(26)37)24-40-34(43)31-22-29(25-42-19-18-41(3)35(42)38)21-30(23-31)32-14-17-39-27(2)36(32)15-10-8-6-4-5-7-9-11-16-36/h12-13,18-23,27,32,38-39H,4-11,14-17,24-25H2,1-3H3,(H,40,43). The molecule has 2 unspecified atom stereocenters. The van der Waals surface area contributed by atoms with E-state index in [2.05, 4.69) is 29.7 Å². The topological polar surface area (TPSA) is 74.8 Å². The zero-order valence-corrected chi connectivity index (χ0v) is 27.1. The van der Waals surface area contributed by atoms with Gasteiger partial charge in [-0.2, -0.15) is 0 Å². The van der Waals surface area contributed by atoms with E-state index in [1.54, 1.807) is 0 Å². The number of hydrogen-bond donors (Lipinski definition) is 3. The Morgan fingerprint density at radius 1 is 1.00 bits per heavy atom. The lowest BCUT2D eigenvalue weighted by Gasteiger charge is -2.50. The molecular formula is C36H50ClN5O. The minimum absolute atomic E-state index is 0.0571. The number of aromatic nitrogens is 2. The van der Waals surface area contributed by atoms with Crippen LogP contribution in [0.2, 0.25) is 5.02 Å². The number of benzene rings is 2. The highest BCUT2D eigenvalue weighted by molar-refractivity contribution is 6.31. The average Bonchev–Trinajstić information content (AvgIpc) is 3.28. The summed E-state index contributed by atoms with van der Waals surface area (Å²) in [4.78, 5) is 13.7. The summed E-state index contributed by atoms with van der Waals surface area (Å²) in [5, 5.41) is 16.3. The minimum Gasteiger partial charge on any atom is -0.348 e. The Bertz CT molecular complexity index is 1440. The molecule has 3 N–H and O–H groups in total. The molecule has 0 bridgehead atoms. The van der Waals surface area contributed by atoms with Gasteiger partial charge in [0.15, 0.2) is 0 Å². The van der Waals surface area contributed by atoms with Gasteiger partial charge in [0.1, 0.15) is 0 Å². The third-order valence-corrected chi connectivity index (χ3v) is 10.7. The third-order valence-electron chi connectivity index (χ3n) is 10.3. The van der Waals surface area contributed by atoms with Crippen LogP contribution in [0, 0.1) is 17.7 Å². The molecule has 5 rings (SSSR count). The molecule has 232 valence electrons. The summed E-state index contributed by atoms with van der Waals surface area (Å²) in [5.41, 5.74) is 5.74. The molecule has 2 atom stereocenters. The maximum atomic E-state index is 13.7. The first-order chi connectivity index (χ1) is 20.8. The number of piperidine rings is 1. The van der Waals surface area contributed by atoms with Crippen LogP contribution in [0.4, 0.5) is 0 Å². The van der Waals surface area contributed by atoms with Gasteiger partial charge in [-0.1, -0.05) is 81.2 Å². The van der Waals surface area contributed by atoms with Gasteiger partial charge in [0.05, 0.1) is 6.54 Å². The van der Waals surface area contributed by atoms with Crippen LogP contribution < -0.4 is 16.3 Å². The average molecular weight is 604 g/mol. The zero-order valence-electron chi connectivity index (χ0n) is 26.4. The number of imidazole rings is 1. The first kappa shape index (κ1) is 31.6. The molecule has 43 heavy (non-hydrogen) atoms. The van der Waals surface area contributed by atoms with Crippen molar-refractivity contribution < 1.29 is 4.79 Å². The van der Waals surface area contributed by atoms with Crippen molar-refractivity contribution in [3.8, 4) is 0 Å². The molecule has 2 aliphatic rings. The monoisotopic (exact) mass is 603 g/mol. The molecule has 2 heterocycles. The second-order valence-electron chi connectivity index (χ2n) is 13.2. The number of hydrogen-bond acceptors (Lipinski definition) is 3. The van der Waals surface area contributed by atoms with Crippen molar-refractivity contribution in [3.63, 3.8) is 0 Å². The third kappa shape index (κ3) is 7.46. The Kier molecular flexibility index (Phi) is 10.5. The van der Waals surface area contributed by atoms with E-state index < -0.39 is 0 Å². The lowest BCUT2D eigenvalue weighted by molar-refractivity contribution is 0.0804. The first-order valence-electron chi connectivity index (χ1n) is 16.4. The molecule has 1 aliphatic heterocycles. The molecule has 2 aromatic carbocycles. The fraction of sp³-hybridized carbons (Fsp3) is 0.556. The number of carbonyl (C=O) groups is 1. The predicted octanol–water partition coefficient (Wildman–Crippen LogP) is 7.61. The highest BCUT2D eigenvalue weighted by Gasteiger charge is 2.45. The Labute approximate surface area is 262 Å². The largest absolute Gasteiger partial charge is 0.348 e. The van der Waals surface area contributed by atoms with Crippen molar-refractivity contribution in [1.82, 2.24) is 19.8 Å². The van der Waals surface area contributed by atoms with Crippen LogP contribution in [0.3, 0.4) is 0 Å². The van der Waals surface area contributed by atoms with Crippen LogP contribution >= 0.6 is 11.6 Å². The number of nitrogens with zero attached hydrogens (tertiary/aromatic N) is 2. The molecule has 1 saturated heterocycles. The highest BCUT2D eigenvalue weighted by Crippen LogP contribution is 2.51. The SMILES string of the molecule is Cc1cc(CNC(=O)c2cc(Cn3ccn(C)c3=N)cc(C3CCNC(C)C34CCCCCCCCCC4)c2)ccc1Cl. The maximum Gasteiger partial charge on any atom is 0.251 e. The van der Waals surface area contributed by atoms with Crippen molar-refractivity contribution >= 4 is 17.5 Å². The van der Waals surface area contributed by atoms with Crippen molar-refractivity contribution in [2.45, 2.75) is 110 Å². The molecule has 1 amide bonds. The van der Waals surface area contributed by atoms with E-state index in [1.165, 1.54) is 69.8 Å². The Hall–Kier alpha value is -2.83. The van der Waals surface area contributed by atoms with E-state index in [0.29, 0.717) is 36.2 Å². The van der Waals surface area contributed by atoms with Crippen LogP contribution in [0.15, 0.2) is 48.8 Å². The number of carbonyl (C=O) groups excluding carboxylic acids is 1. The molecule has 1 aliphatic carbocycles. The number of halogens is 1. The van der Waals surface area contributed by atoms with Gasteiger partial charge >= 0.3 is 0 Å². The number of aryl methyl sites for hydroxylation is 2. The summed E-state index contributed by atoms with van der Waals surface area (Å²) in [7, 11) is 1.90. The van der Waals surface area contributed by atoms with Crippen molar-refractivity contribution in [2.24, 2.45) is 12.5 Å². The van der Waals surface area contributed by atoms with Gasteiger partial charge in [-0.25, -0.2) is 0 Å². The molecule has 3 aromatic rings. The van der Waals surface area contributed by atoms with Gasteiger partial charge in [-0.3, -0.25) is 10.2 Å². The van der Waals surface area contributed by atoms with Crippen molar-refractivity contribution in [2.75, 3.05) is 6.54 Å². The fourth-order valence-corrected chi connectivity index (χ4v) is 7.82. The van der Waals surface area contributed by atoms with E-state index >= 15 is 0 Å². The van der Waals surface area contributed by atoms with Gasteiger partial charge < -0.3 is 19.8 Å². The fourth-order valence-electron chi connectivity index (χ4n) is 7.70. The van der Waals surface area contributed by atoms with Crippen LogP contribution in [-0.2, 0) is 20.1 Å². The van der Waals surface area contributed by atoms with Gasteiger partial charge in [0, 0.05) is 42.6 Å². The summed E-state index contributed by atoms with van der Waals surface area (Å²) in [6.07, 6.45) is 18.0. The van der Waals surface area contributed by atoms with Crippen molar-refractivity contribution in [1.29, 1.82) is 5.41 Å². The zero-order chi connectivity index (χ0) is 30.4. The number of rotatable bonds is 6. The molecule has 1 spiro atoms. The Morgan fingerprint density at radius 2 is 1.70 bits per heavy atom. The molecule has 2 fully saturated rings. The van der Waals surface area contributed by atoms with Crippen molar-refractivity contribution in [3.05, 3.63) is 87.2 Å². The predicted molar refractivity (Wildman–Crippen MR) is 176 cm³/mol. The van der Waals surface area contributed by atoms with Crippen LogP contribution in [0.1, 0.15) is 116 Å². The second-order valence-corrected chi connectivity index (χ2v) is 13.6. The molecular weight excluding hydrogens is 554 g/mol. The van der Waals surface area contributed by atoms with E-state index in [-0.39, 0.29) is 11.3 Å². The Morgan fingerprint density at radius 3 is 2.35 bits per heavy atom. The van der Waals surface area contributed by atoms with Gasteiger partial charge in [-0.05, 0) is 91.4 Å². The summed E-state index contributed by atoms with van der Waals surface area (Å²) >= 11 is 6.23. The quantitative estimate of drug-likeness (QED) is 0.271. The van der Waals surface area contributed by atoms with Crippen LogP contribution in [-0.4, -0.2) is 27.6 Å². The van der Waals surface area contributed by atoms with E-state index in [4.69, 9.17) is 17.0 Å². The summed E-state index contributed by atoms with van der Waals surface area (Å²) in [6, 6.07) is 12.9. The molecule has 7 heteroatoms. The van der Waals surface area contributed by atoms with Gasteiger partial charge in [0.2, 0.25) is 5.62 Å². The summed E-state index contributed by atoms with van der Waals surface area (Å²) in [5.74, 6) is 0.337. The van der Waals surface area contributed by atoms with E-state index in [1.807, 2.05) is 59.8 Å². The molecule has 1 saturated carbocycles. The maximum absolute atomic E-state index is 13.7. The second kappa shape index (κ2) is 14.3. The molecule has 6 nitrogen and oxygen atoms in total. The van der Waals surface area contributed by atoms with Gasteiger partial charge in [0.25, 0.3) is 5.91 Å². The molecule has 1 aromatic heterocycles. The molecule has 0 radical (unpaired) electrons. The lowest BCUT2D eigenvalue weighted by Crippen LogP contribution is -2.52. The summed E-state index contributed by atoms with van der Waals surface area (Å²) < 4.78 is 3.77. The minimum atomic E-state index is -0.0571. The number of amides is 1.